The van der Waals surface area contributed by atoms with Crippen molar-refractivity contribution in [2.24, 2.45) is 5.92 Å². The van der Waals surface area contributed by atoms with Crippen LogP contribution in [0.5, 0.6) is 0 Å². The van der Waals surface area contributed by atoms with Crippen molar-refractivity contribution in [2.45, 2.75) is 71.3 Å². The topological polar surface area (TPSA) is 35.5 Å². The van der Waals surface area contributed by atoms with Gasteiger partial charge in [0.25, 0.3) is 0 Å². The van der Waals surface area contributed by atoms with Gasteiger partial charge in [-0.3, -0.25) is 4.79 Å². The standard InChI is InChI=1S/C15H28O3/c1-3-17-15(16)11-5-4-8-12-18-14-10-7-6-9-13(14)2/h13-14H,3-12H2,1-2H3. The van der Waals surface area contributed by atoms with E-state index in [1.165, 1.54) is 25.7 Å². The Morgan fingerprint density at radius 3 is 2.67 bits per heavy atom. The number of carbonyl (C=O) groups is 1. The molecular weight excluding hydrogens is 228 g/mol. The molecule has 0 aromatic heterocycles. The second kappa shape index (κ2) is 9.37. The van der Waals surface area contributed by atoms with E-state index >= 15 is 0 Å². The maximum atomic E-state index is 11.1. The van der Waals surface area contributed by atoms with Crippen LogP contribution >= 0.6 is 0 Å². The second-order valence-electron chi connectivity index (χ2n) is 5.29. The summed E-state index contributed by atoms with van der Waals surface area (Å²) in [6.07, 6.45) is 9.28. The van der Waals surface area contributed by atoms with Crippen molar-refractivity contribution in [2.75, 3.05) is 13.2 Å². The fraction of sp³-hybridized carbons (Fsp3) is 0.933. The molecule has 2 atom stereocenters. The molecule has 1 saturated carbocycles. The second-order valence-corrected chi connectivity index (χ2v) is 5.29. The zero-order valence-corrected chi connectivity index (χ0v) is 12.0. The molecule has 2 unspecified atom stereocenters. The van der Waals surface area contributed by atoms with Gasteiger partial charge in [0.2, 0.25) is 0 Å². The van der Waals surface area contributed by atoms with Crippen molar-refractivity contribution >= 4 is 5.97 Å². The van der Waals surface area contributed by atoms with Gasteiger partial charge in [-0.05, 0) is 38.5 Å². The van der Waals surface area contributed by atoms with Crippen LogP contribution in [0.2, 0.25) is 0 Å². The van der Waals surface area contributed by atoms with Crippen molar-refractivity contribution < 1.29 is 14.3 Å². The van der Waals surface area contributed by atoms with Crippen LogP contribution in [0.15, 0.2) is 0 Å². The molecule has 0 aliphatic heterocycles. The maximum Gasteiger partial charge on any atom is 0.305 e. The molecule has 1 rings (SSSR count). The summed E-state index contributed by atoms with van der Waals surface area (Å²) >= 11 is 0. The molecular formula is C15H28O3. The smallest absolute Gasteiger partial charge is 0.305 e. The lowest BCUT2D eigenvalue weighted by Gasteiger charge is -2.28. The number of ether oxygens (including phenoxy) is 2. The molecule has 0 aromatic carbocycles. The fourth-order valence-electron chi connectivity index (χ4n) is 2.55. The third kappa shape index (κ3) is 6.39. The Balaban J connectivity index is 1.93. The largest absolute Gasteiger partial charge is 0.466 e. The average Bonchev–Trinajstić information content (AvgIpc) is 2.36. The predicted molar refractivity (Wildman–Crippen MR) is 72.5 cm³/mol. The van der Waals surface area contributed by atoms with E-state index < -0.39 is 0 Å². The molecule has 3 nitrogen and oxygen atoms in total. The summed E-state index contributed by atoms with van der Waals surface area (Å²) in [5, 5.41) is 0. The minimum atomic E-state index is -0.0701. The van der Waals surface area contributed by atoms with Crippen LogP contribution in [-0.4, -0.2) is 25.3 Å². The highest BCUT2D eigenvalue weighted by molar-refractivity contribution is 5.69. The van der Waals surface area contributed by atoms with Crippen molar-refractivity contribution in [3.8, 4) is 0 Å². The molecule has 0 radical (unpaired) electrons. The van der Waals surface area contributed by atoms with Gasteiger partial charge >= 0.3 is 5.97 Å². The molecule has 1 fully saturated rings. The third-order valence-corrected chi connectivity index (χ3v) is 3.70. The van der Waals surface area contributed by atoms with Gasteiger partial charge in [-0.15, -0.1) is 0 Å². The van der Waals surface area contributed by atoms with E-state index in [0.717, 1.165) is 31.8 Å². The zero-order chi connectivity index (χ0) is 13.2. The predicted octanol–water partition coefficient (Wildman–Crippen LogP) is 3.71. The van der Waals surface area contributed by atoms with Crippen LogP contribution in [0.1, 0.15) is 65.2 Å². The Bertz CT molecular complexity index is 228. The van der Waals surface area contributed by atoms with Crippen LogP contribution in [0.3, 0.4) is 0 Å². The van der Waals surface area contributed by atoms with Crippen LogP contribution < -0.4 is 0 Å². The molecule has 1 aliphatic rings. The van der Waals surface area contributed by atoms with Gasteiger partial charge in [0.1, 0.15) is 0 Å². The SMILES string of the molecule is CCOC(=O)CCCCCOC1CCCCC1C. The molecule has 0 heterocycles. The normalized spacial score (nSPS) is 23.9. The summed E-state index contributed by atoms with van der Waals surface area (Å²) in [6, 6.07) is 0. The van der Waals surface area contributed by atoms with Crippen LogP contribution in [0.4, 0.5) is 0 Å². The Morgan fingerprint density at radius 1 is 1.17 bits per heavy atom. The van der Waals surface area contributed by atoms with Crippen LogP contribution in [0.25, 0.3) is 0 Å². The maximum absolute atomic E-state index is 11.1. The number of hydrogen-bond acceptors (Lipinski definition) is 3. The van der Waals surface area contributed by atoms with Gasteiger partial charge < -0.3 is 9.47 Å². The fourth-order valence-corrected chi connectivity index (χ4v) is 2.55. The summed E-state index contributed by atoms with van der Waals surface area (Å²) in [6.45, 7) is 5.47. The summed E-state index contributed by atoms with van der Waals surface area (Å²) in [7, 11) is 0. The first kappa shape index (κ1) is 15.5. The highest BCUT2D eigenvalue weighted by Crippen LogP contribution is 2.26. The van der Waals surface area contributed by atoms with Crippen molar-refractivity contribution in [3.63, 3.8) is 0 Å². The minimum Gasteiger partial charge on any atom is -0.466 e. The van der Waals surface area contributed by atoms with E-state index in [-0.39, 0.29) is 5.97 Å². The summed E-state index contributed by atoms with van der Waals surface area (Å²) in [4.78, 5) is 11.1. The quantitative estimate of drug-likeness (QED) is 0.490. The molecule has 1 aliphatic carbocycles. The van der Waals surface area contributed by atoms with E-state index in [9.17, 15) is 4.79 Å². The van der Waals surface area contributed by atoms with Crippen LogP contribution in [0, 0.1) is 5.92 Å². The van der Waals surface area contributed by atoms with E-state index in [2.05, 4.69) is 6.92 Å². The summed E-state index contributed by atoms with van der Waals surface area (Å²) in [5.74, 6) is 0.651. The van der Waals surface area contributed by atoms with E-state index in [4.69, 9.17) is 9.47 Å². The highest BCUT2D eigenvalue weighted by Gasteiger charge is 2.21. The highest BCUT2D eigenvalue weighted by atomic mass is 16.5. The lowest BCUT2D eigenvalue weighted by Crippen LogP contribution is -2.25. The van der Waals surface area contributed by atoms with Crippen molar-refractivity contribution in [3.05, 3.63) is 0 Å². The van der Waals surface area contributed by atoms with Gasteiger partial charge in [0.15, 0.2) is 0 Å². The molecule has 0 saturated heterocycles. The summed E-state index contributed by atoms with van der Waals surface area (Å²) < 4.78 is 10.8. The molecule has 0 N–H and O–H groups in total. The Hall–Kier alpha value is -0.570. The Kier molecular flexibility index (Phi) is 8.06. The van der Waals surface area contributed by atoms with Gasteiger partial charge in [-0.25, -0.2) is 0 Å². The average molecular weight is 256 g/mol. The number of carbonyl (C=O) groups excluding carboxylic acids is 1. The first-order valence-electron chi connectivity index (χ1n) is 7.51. The first-order chi connectivity index (χ1) is 8.74. The number of rotatable bonds is 8. The monoisotopic (exact) mass is 256 g/mol. The summed E-state index contributed by atoms with van der Waals surface area (Å²) in [5.41, 5.74) is 0. The number of unbranched alkanes of at least 4 members (excludes halogenated alkanes) is 2. The third-order valence-electron chi connectivity index (χ3n) is 3.70. The molecule has 0 amide bonds. The Labute approximate surface area is 111 Å². The van der Waals surface area contributed by atoms with Crippen molar-refractivity contribution in [1.29, 1.82) is 0 Å². The van der Waals surface area contributed by atoms with Gasteiger partial charge in [-0.2, -0.15) is 0 Å². The van der Waals surface area contributed by atoms with Crippen molar-refractivity contribution in [1.82, 2.24) is 0 Å². The Morgan fingerprint density at radius 2 is 1.94 bits per heavy atom. The van der Waals surface area contributed by atoms with E-state index in [1.54, 1.807) is 0 Å². The van der Waals surface area contributed by atoms with E-state index in [0.29, 0.717) is 19.1 Å². The molecule has 0 spiro atoms. The number of esters is 1. The lowest BCUT2D eigenvalue weighted by molar-refractivity contribution is -0.143. The number of hydrogen-bond donors (Lipinski definition) is 0. The zero-order valence-electron chi connectivity index (χ0n) is 12.0. The molecule has 0 aromatic rings. The van der Waals surface area contributed by atoms with Crippen LogP contribution in [-0.2, 0) is 14.3 Å². The molecule has 18 heavy (non-hydrogen) atoms. The molecule has 106 valence electrons. The molecule has 0 bridgehead atoms. The van der Waals surface area contributed by atoms with Gasteiger partial charge in [0, 0.05) is 13.0 Å². The van der Waals surface area contributed by atoms with E-state index in [1.807, 2.05) is 6.92 Å². The first-order valence-corrected chi connectivity index (χ1v) is 7.51. The van der Waals surface area contributed by atoms with Gasteiger partial charge in [-0.1, -0.05) is 26.2 Å². The van der Waals surface area contributed by atoms with Gasteiger partial charge in [0.05, 0.1) is 12.7 Å². The minimum absolute atomic E-state index is 0.0701. The molecule has 3 heteroatoms. The lowest BCUT2D eigenvalue weighted by atomic mass is 9.88.